The second-order valence-corrected chi connectivity index (χ2v) is 7.09. The van der Waals surface area contributed by atoms with Gasteiger partial charge in [-0.3, -0.25) is 4.79 Å². The molecule has 0 aromatic rings. The summed E-state index contributed by atoms with van der Waals surface area (Å²) in [7, 11) is 0. The maximum atomic E-state index is 11.1. The lowest BCUT2D eigenvalue weighted by atomic mass is 10.1. The van der Waals surface area contributed by atoms with Crippen LogP contribution in [-0.4, -0.2) is 78.6 Å². The second kappa shape index (κ2) is 26.3. The quantitative estimate of drug-likeness (QED) is 0.158. The number of carbonyl (C=O) groups excluding carboxylic acids is 1. The zero-order chi connectivity index (χ0) is 22.0. The SMILES string of the molecule is CCCCCCCCCCOCCOCCOCCOCCOCCC(=O)OCC. The van der Waals surface area contributed by atoms with Crippen molar-refractivity contribution in [2.75, 3.05) is 72.7 Å². The first-order valence-corrected chi connectivity index (χ1v) is 11.9. The Bertz CT molecular complexity index is 340. The molecular weight excluding hydrogens is 388 g/mol. The van der Waals surface area contributed by atoms with Crippen LogP contribution in [0.2, 0.25) is 0 Å². The Kier molecular flexibility index (Phi) is 25.7. The Balaban J connectivity index is 3.03. The number of unbranched alkanes of at least 4 members (excludes halogenated alkanes) is 7. The van der Waals surface area contributed by atoms with Crippen LogP contribution >= 0.6 is 0 Å². The van der Waals surface area contributed by atoms with E-state index in [0.717, 1.165) is 13.0 Å². The highest BCUT2D eigenvalue weighted by Gasteiger charge is 2.00. The van der Waals surface area contributed by atoms with Crippen molar-refractivity contribution in [2.24, 2.45) is 0 Å². The van der Waals surface area contributed by atoms with Gasteiger partial charge >= 0.3 is 5.97 Å². The molecule has 0 aliphatic rings. The fraction of sp³-hybridized carbons (Fsp3) is 0.957. The van der Waals surface area contributed by atoms with E-state index in [1.54, 1.807) is 6.92 Å². The standard InChI is InChI=1S/C23H46O7/c1-3-5-6-7-8-9-10-11-13-25-15-17-27-19-21-29-22-20-28-18-16-26-14-12-23(24)30-4-2/h3-22H2,1-2H3. The summed E-state index contributed by atoms with van der Waals surface area (Å²) in [5, 5.41) is 0. The summed E-state index contributed by atoms with van der Waals surface area (Å²) in [6.45, 7) is 10.0. The molecule has 0 aliphatic heterocycles. The van der Waals surface area contributed by atoms with Gasteiger partial charge in [-0.15, -0.1) is 0 Å². The van der Waals surface area contributed by atoms with Crippen LogP contribution in [0.25, 0.3) is 0 Å². The monoisotopic (exact) mass is 434 g/mol. The van der Waals surface area contributed by atoms with Crippen LogP contribution < -0.4 is 0 Å². The third-order valence-corrected chi connectivity index (χ3v) is 4.39. The van der Waals surface area contributed by atoms with Crippen molar-refractivity contribution >= 4 is 5.97 Å². The normalized spacial score (nSPS) is 11.1. The summed E-state index contributed by atoms with van der Waals surface area (Å²) in [6, 6.07) is 0. The Hall–Kier alpha value is -0.730. The van der Waals surface area contributed by atoms with Gasteiger partial charge in [0.1, 0.15) is 0 Å². The van der Waals surface area contributed by atoms with E-state index < -0.39 is 0 Å². The van der Waals surface area contributed by atoms with Gasteiger partial charge in [0.05, 0.1) is 72.5 Å². The minimum atomic E-state index is -0.232. The van der Waals surface area contributed by atoms with E-state index in [0.29, 0.717) is 66.1 Å². The molecule has 180 valence electrons. The lowest BCUT2D eigenvalue weighted by molar-refractivity contribution is -0.144. The van der Waals surface area contributed by atoms with Crippen LogP contribution in [0.15, 0.2) is 0 Å². The summed E-state index contributed by atoms with van der Waals surface area (Å²) < 4.78 is 32.0. The van der Waals surface area contributed by atoms with Gasteiger partial charge in [0.15, 0.2) is 0 Å². The van der Waals surface area contributed by atoms with E-state index in [1.807, 2.05) is 0 Å². The van der Waals surface area contributed by atoms with Crippen molar-refractivity contribution in [1.82, 2.24) is 0 Å². The van der Waals surface area contributed by atoms with Crippen molar-refractivity contribution < 1.29 is 33.2 Å². The molecule has 0 aromatic heterocycles. The highest BCUT2D eigenvalue weighted by molar-refractivity contribution is 5.69. The molecule has 0 aromatic carbocycles. The first kappa shape index (κ1) is 29.3. The Morgan fingerprint density at radius 3 is 1.37 bits per heavy atom. The van der Waals surface area contributed by atoms with Crippen molar-refractivity contribution in [2.45, 2.75) is 71.6 Å². The molecule has 0 spiro atoms. The Morgan fingerprint density at radius 1 is 0.500 bits per heavy atom. The highest BCUT2D eigenvalue weighted by atomic mass is 16.6. The molecule has 0 unspecified atom stereocenters. The van der Waals surface area contributed by atoms with Crippen molar-refractivity contribution in [3.63, 3.8) is 0 Å². The molecule has 0 N–H and O–H groups in total. The van der Waals surface area contributed by atoms with E-state index in [4.69, 9.17) is 28.4 Å². The van der Waals surface area contributed by atoms with E-state index in [9.17, 15) is 4.79 Å². The first-order valence-electron chi connectivity index (χ1n) is 11.9. The van der Waals surface area contributed by atoms with Gasteiger partial charge in [0.2, 0.25) is 0 Å². The average molecular weight is 435 g/mol. The summed E-state index contributed by atoms with van der Waals surface area (Å²) in [6.07, 6.45) is 10.8. The number of ether oxygens (including phenoxy) is 6. The zero-order valence-corrected chi connectivity index (χ0v) is 19.5. The topological polar surface area (TPSA) is 72.5 Å². The highest BCUT2D eigenvalue weighted by Crippen LogP contribution is 2.08. The third kappa shape index (κ3) is 25.3. The summed E-state index contributed by atoms with van der Waals surface area (Å²) in [5.74, 6) is -0.232. The lowest BCUT2D eigenvalue weighted by Crippen LogP contribution is -2.14. The van der Waals surface area contributed by atoms with Crippen LogP contribution in [0.3, 0.4) is 0 Å². The van der Waals surface area contributed by atoms with Crippen molar-refractivity contribution in [3.8, 4) is 0 Å². The maximum absolute atomic E-state index is 11.1. The van der Waals surface area contributed by atoms with Crippen LogP contribution in [0.4, 0.5) is 0 Å². The Morgan fingerprint density at radius 2 is 0.900 bits per heavy atom. The zero-order valence-electron chi connectivity index (χ0n) is 19.5. The van der Waals surface area contributed by atoms with Crippen LogP contribution in [-0.2, 0) is 33.2 Å². The van der Waals surface area contributed by atoms with Crippen LogP contribution in [0.1, 0.15) is 71.6 Å². The van der Waals surface area contributed by atoms with Crippen LogP contribution in [0.5, 0.6) is 0 Å². The van der Waals surface area contributed by atoms with Gasteiger partial charge in [-0.2, -0.15) is 0 Å². The fourth-order valence-corrected chi connectivity index (χ4v) is 2.71. The number of hydrogen-bond acceptors (Lipinski definition) is 7. The lowest BCUT2D eigenvalue weighted by Gasteiger charge is -2.08. The molecule has 0 aliphatic carbocycles. The van der Waals surface area contributed by atoms with E-state index in [2.05, 4.69) is 6.92 Å². The molecule has 7 nitrogen and oxygen atoms in total. The summed E-state index contributed by atoms with van der Waals surface area (Å²) in [4.78, 5) is 11.1. The van der Waals surface area contributed by atoms with E-state index >= 15 is 0 Å². The van der Waals surface area contributed by atoms with E-state index in [-0.39, 0.29) is 12.4 Å². The molecule has 0 bridgehead atoms. The van der Waals surface area contributed by atoms with Gasteiger partial charge in [-0.05, 0) is 13.3 Å². The molecule has 0 heterocycles. The van der Waals surface area contributed by atoms with Gasteiger partial charge in [0.25, 0.3) is 0 Å². The predicted molar refractivity (Wildman–Crippen MR) is 118 cm³/mol. The summed E-state index contributed by atoms with van der Waals surface area (Å²) in [5.41, 5.74) is 0. The molecular formula is C23H46O7. The number of carbonyl (C=O) groups is 1. The van der Waals surface area contributed by atoms with Crippen molar-refractivity contribution in [3.05, 3.63) is 0 Å². The van der Waals surface area contributed by atoms with Gasteiger partial charge in [-0.1, -0.05) is 51.9 Å². The minimum Gasteiger partial charge on any atom is -0.466 e. The third-order valence-electron chi connectivity index (χ3n) is 4.39. The van der Waals surface area contributed by atoms with Crippen molar-refractivity contribution in [1.29, 1.82) is 0 Å². The van der Waals surface area contributed by atoms with E-state index in [1.165, 1.54) is 44.9 Å². The largest absolute Gasteiger partial charge is 0.466 e. The number of esters is 1. The molecule has 0 rings (SSSR count). The maximum Gasteiger partial charge on any atom is 0.308 e. The molecule has 0 amide bonds. The molecule has 0 fully saturated rings. The summed E-state index contributed by atoms with van der Waals surface area (Å²) >= 11 is 0. The minimum absolute atomic E-state index is 0.232. The first-order chi connectivity index (χ1) is 14.8. The Labute approximate surface area is 184 Å². The molecule has 0 saturated carbocycles. The molecule has 7 heteroatoms. The van der Waals surface area contributed by atoms with Gasteiger partial charge in [0, 0.05) is 6.61 Å². The smallest absolute Gasteiger partial charge is 0.308 e. The predicted octanol–water partition coefficient (Wildman–Crippen LogP) is 4.16. The molecule has 0 saturated heterocycles. The van der Waals surface area contributed by atoms with Crippen LogP contribution in [0, 0.1) is 0 Å². The molecule has 0 radical (unpaired) electrons. The fourth-order valence-electron chi connectivity index (χ4n) is 2.71. The average Bonchev–Trinajstić information content (AvgIpc) is 2.74. The van der Waals surface area contributed by atoms with Gasteiger partial charge in [-0.25, -0.2) is 0 Å². The number of rotatable bonds is 25. The molecule has 30 heavy (non-hydrogen) atoms. The molecule has 0 atom stereocenters. The van der Waals surface area contributed by atoms with Gasteiger partial charge < -0.3 is 28.4 Å². The second-order valence-electron chi connectivity index (χ2n) is 7.09. The number of hydrogen-bond donors (Lipinski definition) is 0.